The molecule has 3 aromatic rings. The van der Waals surface area contributed by atoms with E-state index in [0.717, 1.165) is 21.0 Å². The number of hydrogen-bond donors (Lipinski definition) is 2. The van der Waals surface area contributed by atoms with E-state index in [9.17, 15) is 27.6 Å². The Labute approximate surface area is 250 Å². The van der Waals surface area contributed by atoms with Gasteiger partial charge < -0.3 is 15.5 Å². The summed E-state index contributed by atoms with van der Waals surface area (Å²) in [5.41, 5.74) is 1.62. The Morgan fingerprint density at radius 1 is 1.07 bits per heavy atom. The topological polar surface area (TPSA) is 115 Å². The molecule has 8 nitrogen and oxygen atoms in total. The van der Waals surface area contributed by atoms with Crippen LogP contribution < -0.4 is 10.6 Å². The highest BCUT2D eigenvalue weighted by Gasteiger charge is 2.47. The number of piperazine rings is 1. The Hall–Kier alpha value is -4.24. The molecule has 3 fully saturated rings. The van der Waals surface area contributed by atoms with Crippen LogP contribution in [0.1, 0.15) is 48.9 Å². The molecule has 2 N–H and O–H groups in total. The minimum atomic E-state index is -2.72. The summed E-state index contributed by atoms with van der Waals surface area (Å²) in [6, 6.07) is 15.5. The highest BCUT2D eigenvalue weighted by atomic mass is 32.1. The molecule has 2 aromatic carbocycles. The number of halogens is 3. The lowest BCUT2D eigenvalue weighted by molar-refractivity contribution is -0.132. The number of rotatable bonds is 5. The number of thiazole rings is 1. The average Bonchev–Trinajstić information content (AvgIpc) is 3.60. The summed E-state index contributed by atoms with van der Waals surface area (Å²) < 4.78 is 39.3. The molecule has 0 spiro atoms. The minimum Gasteiger partial charge on any atom is -0.353 e. The highest BCUT2D eigenvalue weighted by molar-refractivity contribution is 7.18. The monoisotopic (exact) mass is 609 g/mol. The van der Waals surface area contributed by atoms with E-state index in [2.05, 4.69) is 15.6 Å². The molecule has 0 radical (unpaired) electrons. The van der Waals surface area contributed by atoms with E-state index >= 15 is 0 Å². The molecule has 3 aliphatic rings. The van der Waals surface area contributed by atoms with Gasteiger partial charge in [-0.2, -0.15) is 5.26 Å². The number of nitrogens with zero attached hydrogens (tertiary/aromatic N) is 3. The number of carbonyl (C=O) groups is 3. The molecule has 1 aromatic heterocycles. The van der Waals surface area contributed by atoms with Crippen LogP contribution in [0, 0.1) is 23.1 Å². The molecule has 1 atom stereocenters. The highest BCUT2D eigenvalue weighted by Crippen LogP contribution is 2.39. The van der Waals surface area contributed by atoms with Crippen LogP contribution in [0.5, 0.6) is 0 Å². The molecular weight excluding hydrogens is 579 g/mol. The van der Waals surface area contributed by atoms with E-state index in [1.54, 1.807) is 35.4 Å². The van der Waals surface area contributed by atoms with Crippen molar-refractivity contribution in [2.24, 2.45) is 5.92 Å². The molecular formula is C31H30F3N5O3S. The van der Waals surface area contributed by atoms with Crippen LogP contribution in [0.4, 0.5) is 13.2 Å². The number of hydrogen-bond acceptors (Lipinski definition) is 6. The first kappa shape index (κ1) is 30.2. The van der Waals surface area contributed by atoms with Crippen LogP contribution in [0.3, 0.4) is 0 Å². The Morgan fingerprint density at radius 2 is 1.77 bits per heavy atom. The van der Waals surface area contributed by atoms with Gasteiger partial charge in [0.05, 0.1) is 17.5 Å². The van der Waals surface area contributed by atoms with Gasteiger partial charge >= 0.3 is 0 Å². The lowest BCUT2D eigenvalue weighted by Crippen LogP contribution is -2.49. The zero-order valence-corrected chi connectivity index (χ0v) is 24.1. The molecule has 224 valence electrons. The van der Waals surface area contributed by atoms with Gasteiger partial charge in [-0.15, -0.1) is 11.3 Å². The van der Waals surface area contributed by atoms with E-state index in [-0.39, 0.29) is 42.9 Å². The molecule has 1 unspecified atom stereocenters. The first-order valence-corrected chi connectivity index (χ1v) is 14.9. The average molecular weight is 610 g/mol. The Kier molecular flexibility index (Phi) is 8.82. The van der Waals surface area contributed by atoms with Gasteiger partial charge in [-0.1, -0.05) is 12.1 Å². The summed E-state index contributed by atoms with van der Waals surface area (Å²) in [5, 5.41) is 14.9. The Morgan fingerprint density at radius 3 is 2.40 bits per heavy atom. The molecule has 3 amide bonds. The standard InChI is InChI=1S/C20H16FN3O2S.C11H14F2N2O/c21-16-7-5-14(6-8-16)19-23-11-17(27-19)13-1-3-15(4-2-13)20(26)24-10-9-22-18(25)12-24;12-11(13)3-1-2-8(6-11)9(16)15-10(7-14)4-5-10/h1-8,11H,9-10,12H2,(H,22,25);8H,1-6H2,(H,15,16). The lowest BCUT2D eigenvalue weighted by Gasteiger charge is -2.28. The van der Waals surface area contributed by atoms with Crippen molar-refractivity contribution in [1.29, 1.82) is 5.26 Å². The predicted octanol–water partition coefficient (Wildman–Crippen LogP) is 5.17. The first-order valence-electron chi connectivity index (χ1n) is 14.1. The fourth-order valence-electron chi connectivity index (χ4n) is 5.03. The van der Waals surface area contributed by atoms with Crippen molar-refractivity contribution in [2.45, 2.75) is 50.0 Å². The zero-order chi connectivity index (χ0) is 30.6. The van der Waals surface area contributed by atoms with E-state index in [1.165, 1.54) is 23.5 Å². The number of amides is 3. The van der Waals surface area contributed by atoms with Crippen LogP contribution in [0.15, 0.2) is 54.7 Å². The molecule has 43 heavy (non-hydrogen) atoms. The SMILES string of the molecule is N#CC1(NC(=O)C2CCCC(F)(F)C2)CC1.O=C1CN(C(=O)c2ccc(-c3cnc(-c4ccc(F)cc4)s3)cc2)CCN1. The number of benzene rings is 2. The van der Waals surface area contributed by atoms with Gasteiger partial charge in [-0.25, -0.2) is 18.2 Å². The normalized spacial score (nSPS) is 20.1. The third-order valence-corrected chi connectivity index (χ3v) is 8.77. The fraction of sp³-hybridized carbons (Fsp3) is 0.387. The first-order chi connectivity index (χ1) is 20.6. The summed E-state index contributed by atoms with van der Waals surface area (Å²) in [7, 11) is 0. The fourth-order valence-corrected chi connectivity index (χ4v) is 5.96. The van der Waals surface area contributed by atoms with Gasteiger partial charge in [0.1, 0.15) is 16.4 Å². The van der Waals surface area contributed by atoms with Crippen LogP contribution in [0.25, 0.3) is 21.0 Å². The summed E-state index contributed by atoms with van der Waals surface area (Å²) in [6.07, 6.45) is 3.43. The second kappa shape index (κ2) is 12.6. The number of nitrogens with one attached hydrogen (secondary N) is 2. The van der Waals surface area contributed by atoms with Gasteiger partial charge in [-0.05, 0) is 67.6 Å². The van der Waals surface area contributed by atoms with Crippen LogP contribution in [-0.2, 0) is 9.59 Å². The number of alkyl halides is 2. The third kappa shape index (κ3) is 7.59. The minimum absolute atomic E-state index is 0.0937. The van der Waals surface area contributed by atoms with E-state index in [4.69, 9.17) is 5.26 Å². The van der Waals surface area contributed by atoms with Crippen LogP contribution in [0.2, 0.25) is 0 Å². The zero-order valence-electron chi connectivity index (χ0n) is 23.2. The lowest BCUT2D eigenvalue weighted by atomic mass is 9.86. The van der Waals surface area contributed by atoms with Gasteiger partial charge in [-0.3, -0.25) is 14.4 Å². The number of aromatic nitrogens is 1. The summed E-state index contributed by atoms with van der Waals surface area (Å²) >= 11 is 1.51. The van der Waals surface area contributed by atoms with Gasteiger partial charge in [0.15, 0.2) is 0 Å². The maximum absolute atomic E-state index is 13.1. The molecule has 1 saturated heterocycles. The Bertz CT molecular complexity index is 1530. The third-order valence-electron chi connectivity index (χ3n) is 7.68. The van der Waals surface area contributed by atoms with E-state index in [0.29, 0.717) is 44.3 Å². The maximum Gasteiger partial charge on any atom is 0.254 e. The molecule has 0 bridgehead atoms. The molecule has 12 heteroatoms. The molecule has 2 aliphatic carbocycles. The smallest absolute Gasteiger partial charge is 0.254 e. The van der Waals surface area contributed by atoms with E-state index < -0.39 is 17.4 Å². The van der Waals surface area contributed by atoms with Crippen molar-refractivity contribution >= 4 is 29.1 Å². The second-order valence-electron chi connectivity index (χ2n) is 11.0. The van der Waals surface area contributed by atoms with Crippen molar-refractivity contribution in [1.82, 2.24) is 20.5 Å². The van der Waals surface area contributed by atoms with Crippen LogP contribution in [-0.4, -0.2) is 58.7 Å². The summed E-state index contributed by atoms with van der Waals surface area (Å²) in [6.45, 7) is 1.09. The largest absolute Gasteiger partial charge is 0.353 e. The van der Waals surface area contributed by atoms with Crippen LogP contribution >= 0.6 is 11.3 Å². The van der Waals surface area contributed by atoms with Crippen molar-refractivity contribution in [3.63, 3.8) is 0 Å². The number of carbonyl (C=O) groups excluding carboxylic acids is 3. The molecule has 1 aliphatic heterocycles. The number of nitriles is 1. The van der Waals surface area contributed by atoms with E-state index in [1.807, 2.05) is 18.2 Å². The van der Waals surface area contributed by atoms with Crippen molar-refractivity contribution in [3.05, 3.63) is 66.1 Å². The summed E-state index contributed by atoms with van der Waals surface area (Å²) in [5.74, 6) is -4.28. The predicted molar refractivity (Wildman–Crippen MR) is 154 cm³/mol. The summed E-state index contributed by atoms with van der Waals surface area (Å²) in [4.78, 5) is 42.6. The van der Waals surface area contributed by atoms with Gasteiger partial charge in [0.2, 0.25) is 17.7 Å². The maximum atomic E-state index is 13.1. The van der Waals surface area contributed by atoms with Gasteiger partial charge in [0.25, 0.3) is 5.91 Å². The molecule has 2 heterocycles. The van der Waals surface area contributed by atoms with Crippen molar-refractivity contribution in [3.8, 4) is 27.1 Å². The molecule has 6 rings (SSSR count). The van der Waals surface area contributed by atoms with Crippen molar-refractivity contribution < 1.29 is 27.6 Å². The second-order valence-corrected chi connectivity index (χ2v) is 12.1. The Balaban J connectivity index is 0.000000196. The van der Waals surface area contributed by atoms with Crippen molar-refractivity contribution in [2.75, 3.05) is 19.6 Å². The molecule has 2 saturated carbocycles. The quantitative estimate of drug-likeness (QED) is 0.414. The van der Waals surface area contributed by atoms with Gasteiger partial charge in [0, 0.05) is 49.2 Å².